The fraction of sp³-hybridized carbons (Fsp3) is 0.500. The molecular formula is C22H29N3O2S. The van der Waals surface area contributed by atoms with Crippen LogP contribution in [-0.2, 0) is 22.0 Å². The number of nitrogens with one attached hydrogen (secondary N) is 1. The Kier molecular flexibility index (Phi) is 7.31. The third kappa shape index (κ3) is 5.47. The van der Waals surface area contributed by atoms with Crippen molar-refractivity contribution < 1.29 is 9.00 Å². The van der Waals surface area contributed by atoms with Gasteiger partial charge in [0.1, 0.15) is 0 Å². The monoisotopic (exact) mass is 399 g/mol. The van der Waals surface area contributed by atoms with Gasteiger partial charge in [0.25, 0.3) is 0 Å². The van der Waals surface area contributed by atoms with Crippen LogP contribution in [0.25, 0.3) is 0 Å². The highest BCUT2D eigenvalue weighted by atomic mass is 32.2. The van der Waals surface area contributed by atoms with E-state index in [1.54, 1.807) is 18.6 Å². The maximum absolute atomic E-state index is 13.1. The van der Waals surface area contributed by atoms with Gasteiger partial charge >= 0.3 is 0 Å². The molecule has 0 spiro atoms. The van der Waals surface area contributed by atoms with E-state index in [1.807, 2.05) is 31.2 Å². The van der Waals surface area contributed by atoms with Crippen LogP contribution in [-0.4, -0.2) is 26.3 Å². The van der Waals surface area contributed by atoms with Crippen molar-refractivity contribution in [2.24, 2.45) is 5.92 Å². The van der Waals surface area contributed by atoms with Gasteiger partial charge in [0.15, 0.2) is 5.82 Å². The number of carbonyl (C=O) groups is 1. The van der Waals surface area contributed by atoms with E-state index in [1.165, 1.54) is 25.7 Å². The summed E-state index contributed by atoms with van der Waals surface area (Å²) in [4.78, 5) is 22.4. The maximum atomic E-state index is 13.1. The van der Waals surface area contributed by atoms with Crippen LogP contribution < -0.4 is 5.32 Å². The van der Waals surface area contributed by atoms with Crippen molar-refractivity contribution in [3.8, 4) is 0 Å². The van der Waals surface area contributed by atoms with Crippen molar-refractivity contribution in [2.75, 3.05) is 11.6 Å². The molecule has 1 unspecified atom stereocenters. The average Bonchev–Trinajstić information content (AvgIpc) is 3.22. The van der Waals surface area contributed by atoms with Crippen LogP contribution in [0.4, 0.5) is 5.82 Å². The van der Waals surface area contributed by atoms with E-state index in [4.69, 9.17) is 0 Å². The second-order valence-corrected chi connectivity index (χ2v) is 8.92. The van der Waals surface area contributed by atoms with Gasteiger partial charge in [-0.25, -0.2) is 4.98 Å². The van der Waals surface area contributed by atoms with Crippen molar-refractivity contribution in [3.05, 3.63) is 47.9 Å². The molecule has 0 bridgehead atoms. The standard InChI is InChI=1S/C22H29N3O2S/c1-3-18-14-24-21(15-23-18)25-22(26)20(13-8-16-6-4-5-7-16)17-9-11-19(12-10-17)28(2)27/h9-12,14-16,20H,3-8,13H2,1-2H3,(H,24,25,26)/t20-,28?/m1/s1. The summed E-state index contributed by atoms with van der Waals surface area (Å²) in [6, 6.07) is 7.58. The van der Waals surface area contributed by atoms with Crippen LogP contribution in [0.5, 0.6) is 0 Å². The normalized spacial score (nSPS) is 16.6. The van der Waals surface area contributed by atoms with E-state index in [9.17, 15) is 9.00 Å². The van der Waals surface area contributed by atoms with E-state index in [-0.39, 0.29) is 11.8 Å². The smallest absolute Gasteiger partial charge is 0.233 e. The molecule has 1 saturated carbocycles. The summed E-state index contributed by atoms with van der Waals surface area (Å²) in [5, 5.41) is 2.93. The molecule has 1 heterocycles. The Morgan fingerprint density at radius 1 is 1.18 bits per heavy atom. The van der Waals surface area contributed by atoms with Crippen LogP contribution in [0.3, 0.4) is 0 Å². The molecule has 1 amide bonds. The van der Waals surface area contributed by atoms with Crippen LogP contribution in [0, 0.1) is 5.92 Å². The molecule has 1 aliphatic carbocycles. The summed E-state index contributed by atoms with van der Waals surface area (Å²) in [5.74, 6) is 0.912. The van der Waals surface area contributed by atoms with E-state index >= 15 is 0 Å². The molecule has 2 aromatic rings. The molecule has 1 aliphatic rings. The third-order valence-electron chi connectivity index (χ3n) is 5.59. The average molecular weight is 400 g/mol. The molecule has 28 heavy (non-hydrogen) atoms. The summed E-state index contributed by atoms with van der Waals surface area (Å²) in [6.07, 6.45) is 12.8. The molecule has 0 aliphatic heterocycles. The number of anilines is 1. The van der Waals surface area contributed by atoms with Crippen molar-refractivity contribution in [1.82, 2.24) is 9.97 Å². The molecule has 0 saturated heterocycles. The highest BCUT2D eigenvalue weighted by Crippen LogP contribution is 2.33. The number of benzene rings is 1. The van der Waals surface area contributed by atoms with Crippen LogP contribution in [0.1, 0.15) is 62.6 Å². The molecule has 1 aromatic carbocycles. The van der Waals surface area contributed by atoms with Crippen LogP contribution in [0.2, 0.25) is 0 Å². The summed E-state index contributed by atoms with van der Waals surface area (Å²) in [7, 11) is -1.02. The third-order valence-corrected chi connectivity index (χ3v) is 6.52. The van der Waals surface area contributed by atoms with E-state index in [2.05, 4.69) is 15.3 Å². The van der Waals surface area contributed by atoms with Crippen molar-refractivity contribution in [2.45, 2.75) is 62.7 Å². The fourth-order valence-electron chi connectivity index (χ4n) is 3.86. The molecule has 150 valence electrons. The summed E-state index contributed by atoms with van der Waals surface area (Å²) < 4.78 is 11.7. The largest absolute Gasteiger partial charge is 0.309 e. The minimum absolute atomic E-state index is 0.0538. The lowest BCUT2D eigenvalue weighted by Gasteiger charge is -2.19. The van der Waals surface area contributed by atoms with Crippen molar-refractivity contribution in [3.63, 3.8) is 0 Å². The summed E-state index contributed by atoms with van der Waals surface area (Å²) in [6.45, 7) is 2.02. The quantitative estimate of drug-likeness (QED) is 0.711. The van der Waals surface area contributed by atoms with Gasteiger partial charge < -0.3 is 5.32 Å². The SMILES string of the molecule is CCc1cnc(NC(=O)[C@H](CCC2CCCC2)c2ccc(S(C)=O)cc2)cn1. The topological polar surface area (TPSA) is 72.0 Å². The van der Waals surface area contributed by atoms with Gasteiger partial charge in [-0.2, -0.15) is 0 Å². The number of carbonyl (C=O) groups excluding carboxylic acids is 1. The van der Waals surface area contributed by atoms with E-state index in [0.29, 0.717) is 5.82 Å². The zero-order valence-corrected chi connectivity index (χ0v) is 17.5. The molecule has 6 heteroatoms. The van der Waals surface area contributed by atoms with Crippen molar-refractivity contribution >= 4 is 22.5 Å². The lowest BCUT2D eigenvalue weighted by atomic mass is 9.89. The molecule has 0 radical (unpaired) electrons. The highest BCUT2D eigenvalue weighted by Gasteiger charge is 2.24. The Hall–Kier alpha value is -2.08. The van der Waals surface area contributed by atoms with Crippen molar-refractivity contribution in [1.29, 1.82) is 0 Å². The Balaban J connectivity index is 1.74. The van der Waals surface area contributed by atoms with Gasteiger partial charge in [-0.1, -0.05) is 44.7 Å². The first-order valence-electron chi connectivity index (χ1n) is 10.1. The first-order chi connectivity index (χ1) is 13.6. The Bertz CT molecular complexity index is 800. The Labute approximate surface area is 169 Å². The van der Waals surface area contributed by atoms with Gasteiger partial charge in [-0.05, 0) is 42.9 Å². The summed E-state index contributed by atoms with van der Waals surface area (Å²) in [5.41, 5.74) is 1.86. The number of hydrogen-bond acceptors (Lipinski definition) is 4. The van der Waals surface area contributed by atoms with Gasteiger partial charge in [-0.15, -0.1) is 0 Å². The molecule has 3 rings (SSSR count). The number of rotatable bonds is 8. The zero-order valence-electron chi connectivity index (χ0n) is 16.7. The van der Waals surface area contributed by atoms with Gasteiger partial charge in [0, 0.05) is 22.0 Å². The predicted molar refractivity (Wildman–Crippen MR) is 113 cm³/mol. The molecule has 1 aromatic heterocycles. The van der Waals surface area contributed by atoms with E-state index in [0.717, 1.165) is 41.3 Å². The number of hydrogen-bond donors (Lipinski definition) is 1. The second kappa shape index (κ2) is 9.92. The number of aromatic nitrogens is 2. The molecular weight excluding hydrogens is 370 g/mol. The van der Waals surface area contributed by atoms with Gasteiger partial charge in [0.05, 0.1) is 24.0 Å². The van der Waals surface area contributed by atoms with Crippen LogP contribution in [0.15, 0.2) is 41.6 Å². The zero-order chi connectivity index (χ0) is 19.9. The minimum Gasteiger partial charge on any atom is -0.309 e. The second-order valence-electron chi connectivity index (χ2n) is 7.54. The number of aryl methyl sites for hydroxylation is 1. The predicted octanol–water partition coefficient (Wildman–Crippen LogP) is 4.47. The first kappa shape index (κ1) is 20.6. The van der Waals surface area contributed by atoms with Crippen LogP contribution >= 0.6 is 0 Å². The maximum Gasteiger partial charge on any atom is 0.233 e. The molecule has 2 atom stereocenters. The highest BCUT2D eigenvalue weighted by molar-refractivity contribution is 7.84. The minimum atomic E-state index is -1.02. The molecule has 1 fully saturated rings. The number of amides is 1. The lowest BCUT2D eigenvalue weighted by Crippen LogP contribution is -2.22. The van der Waals surface area contributed by atoms with E-state index < -0.39 is 10.8 Å². The Morgan fingerprint density at radius 2 is 1.89 bits per heavy atom. The molecule has 5 nitrogen and oxygen atoms in total. The summed E-state index contributed by atoms with van der Waals surface area (Å²) >= 11 is 0. The number of nitrogens with zero attached hydrogens (tertiary/aromatic N) is 2. The lowest BCUT2D eigenvalue weighted by molar-refractivity contribution is -0.117. The van der Waals surface area contributed by atoms with Gasteiger partial charge in [0.2, 0.25) is 5.91 Å². The first-order valence-corrected chi connectivity index (χ1v) is 11.7. The molecule has 1 N–H and O–H groups in total. The fourth-order valence-corrected chi connectivity index (χ4v) is 4.38. The Morgan fingerprint density at radius 3 is 2.46 bits per heavy atom. The van der Waals surface area contributed by atoms with Gasteiger partial charge in [-0.3, -0.25) is 14.0 Å².